The lowest BCUT2D eigenvalue weighted by atomic mass is 9.94. The van der Waals surface area contributed by atoms with Crippen LogP contribution >= 0.6 is 23.2 Å². The fourth-order valence-electron chi connectivity index (χ4n) is 1.96. The Morgan fingerprint density at radius 2 is 1.93 bits per heavy atom. The van der Waals surface area contributed by atoms with E-state index in [2.05, 4.69) is 4.98 Å². The molecule has 0 aliphatic heterocycles. The molecule has 0 radical (unpaired) electrons. The van der Waals surface area contributed by atoms with Crippen LogP contribution in [-0.2, 0) is 12.8 Å². The SMILES string of the molecule is CC(=O)c1c(Cl)nc2c(c1Cl)CCCC2. The first kappa shape index (κ1) is 10.9. The summed E-state index contributed by atoms with van der Waals surface area (Å²) in [4.78, 5) is 15.6. The van der Waals surface area contributed by atoms with Crippen LogP contribution in [0.3, 0.4) is 0 Å². The van der Waals surface area contributed by atoms with E-state index in [-0.39, 0.29) is 10.9 Å². The summed E-state index contributed by atoms with van der Waals surface area (Å²) in [5, 5.41) is 0.755. The number of aryl methyl sites for hydroxylation is 1. The van der Waals surface area contributed by atoms with E-state index in [1.165, 1.54) is 6.92 Å². The zero-order valence-corrected chi connectivity index (χ0v) is 9.95. The summed E-state index contributed by atoms with van der Waals surface area (Å²) in [6, 6.07) is 0. The summed E-state index contributed by atoms with van der Waals surface area (Å²) >= 11 is 12.1. The van der Waals surface area contributed by atoms with Gasteiger partial charge in [0.25, 0.3) is 0 Å². The Labute approximate surface area is 98.6 Å². The van der Waals surface area contributed by atoms with Crippen molar-refractivity contribution >= 4 is 29.0 Å². The minimum atomic E-state index is -0.120. The summed E-state index contributed by atoms with van der Waals surface area (Å²) in [5.41, 5.74) is 2.35. The van der Waals surface area contributed by atoms with Crippen molar-refractivity contribution in [1.29, 1.82) is 0 Å². The first-order valence-electron chi connectivity index (χ1n) is 4.99. The standard InChI is InChI=1S/C11H11Cl2NO/c1-6(15)9-10(12)7-4-2-3-5-8(7)14-11(9)13/h2-5H2,1H3. The highest BCUT2D eigenvalue weighted by Gasteiger charge is 2.21. The van der Waals surface area contributed by atoms with Gasteiger partial charge in [-0.05, 0) is 38.2 Å². The number of rotatable bonds is 1. The van der Waals surface area contributed by atoms with Gasteiger partial charge < -0.3 is 0 Å². The molecule has 1 aromatic rings. The van der Waals surface area contributed by atoms with Crippen LogP contribution in [0.25, 0.3) is 0 Å². The van der Waals surface area contributed by atoms with Gasteiger partial charge in [-0.2, -0.15) is 0 Å². The number of fused-ring (bicyclic) bond motifs is 1. The highest BCUT2D eigenvalue weighted by atomic mass is 35.5. The van der Waals surface area contributed by atoms with Crippen LogP contribution in [0.15, 0.2) is 0 Å². The zero-order chi connectivity index (χ0) is 11.0. The fraction of sp³-hybridized carbons (Fsp3) is 0.455. The Morgan fingerprint density at radius 1 is 1.27 bits per heavy atom. The fourth-order valence-corrected chi connectivity index (χ4v) is 2.77. The first-order valence-corrected chi connectivity index (χ1v) is 5.74. The average Bonchev–Trinajstić information content (AvgIpc) is 2.17. The third-order valence-electron chi connectivity index (χ3n) is 2.71. The molecule has 0 bridgehead atoms. The van der Waals surface area contributed by atoms with Crippen LogP contribution in [0.2, 0.25) is 10.2 Å². The van der Waals surface area contributed by atoms with E-state index in [0.717, 1.165) is 36.9 Å². The van der Waals surface area contributed by atoms with Gasteiger partial charge in [0.05, 0.1) is 10.6 Å². The van der Waals surface area contributed by atoms with Gasteiger partial charge >= 0.3 is 0 Å². The van der Waals surface area contributed by atoms with Crippen molar-refractivity contribution in [2.24, 2.45) is 0 Å². The summed E-state index contributed by atoms with van der Waals surface area (Å²) in [6.45, 7) is 1.46. The Kier molecular flexibility index (Phi) is 2.98. The molecule has 15 heavy (non-hydrogen) atoms. The Hall–Kier alpha value is -0.600. The van der Waals surface area contributed by atoms with Gasteiger partial charge in [-0.15, -0.1) is 0 Å². The molecule has 4 heteroatoms. The van der Waals surface area contributed by atoms with Gasteiger partial charge in [0.1, 0.15) is 5.15 Å². The summed E-state index contributed by atoms with van der Waals surface area (Å²) < 4.78 is 0. The molecule has 80 valence electrons. The second kappa shape index (κ2) is 4.11. The molecule has 0 unspecified atom stereocenters. The minimum absolute atomic E-state index is 0.120. The van der Waals surface area contributed by atoms with Crippen molar-refractivity contribution < 1.29 is 4.79 Å². The van der Waals surface area contributed by atoms with Crippen LogP contribution in [0.4, 0.5) is 0 Å². The molecule has 1 aliphatic rings. The number of carbonyl (C=O) groups excluding carboxylic acids is 1. The topological polar surface area (TPSA) is 30.0 Å². The molecule has 0 N–H and O–H groups in total. The summed E-state index contributed by atoms with van der Waals surface area (Å²) in [5.74, 6) is -0.120. The van der Waals surface area contributed by atoms with E-state index in [1.807, 2.05) is 0 Å². The molecule has 2 rings (SSSR count). The predicted octanol–water partition coefficient (Wildman–Crippen LogP) is 3.47. The Morgan fingerprint density at radius 3 is 2.60 bits per heavy atom. The number of pyridine rings is 1. The summed E-state index contributed by atoms with van der Waals surface area (Å²) in [7, 11) is 0. The van der Waals surface area contributed by atoms with Crippen LogP contribution in [0.5, 0.6) is 0 Å². The van der Waals surface area contributed by atoms with E-state index >= 15 is 0 Å². The molecule has 1 aromatic heterocycles. The molecule has 0 saturated heterocycles. The Bertz CT molecular complexity index is 429. The maximum atomic E-state index is 11.4. The van der Waals surface area contributed by atoms with Crippen LogP contribution in [0.1, 0.15) is 41.4 Å². The zero-order valence-electron chi connectivity index (χ0n) is 8.44. The highest BCUT2D eigenvalue weighted by Crippen LogP contribution is 2.33. The molecule has 0 atom stereocenters. The largest absolute Gasteiger partial charge is 0.294 e. The smallest absolute Gasteiger partial charge is 0.164 e. The number of halogens is 2. The molecule has 0 aromatic carbocycles. The summed E-state index contributed by atoms with van der Waals surface area (Å²) in [6.07, 6.45) is 4.03. The number of carbonyl (C=O) groups is 1. The molecule has 1 heterocycles. The van der Waals surface area contributed by atoms with Gasteiger partial charge in [0.15, 0.2) is 5.78 Å². The van der Waals surface area contributed by atoms with E-state index in [9.17, 15) is 4.79 Å². The van der Waals surface area contributed by atoms with Crippen molar-refractivity contribution in [1.82, 2.24) is 4.98 Å². The lowest BCUT2D eigenvalue weighted by Crippen LogP contribution is -2.10. The van der Waals surface area contributed by atoms with Crippen molar-refractivity contribution in [3.05, 3.63) is 27.0 Å². The highest BCUT2D eigenvalue weighted by molar-refractivity contribution is 6.39. The van der Waals surface area contributed by atoms with Gasteiger partial charge in [-0.25, -0.2) is 4.98 Å². The van der Waals surface area contributed by atoms with E-state index in [4.69, 9.17) is 23.2 Å². The second-order valence-electron chi connectivity index (χ2n) is 3.78. The number of hydrogen-bond donors (Lipinski definition) is 0. The van der Waals surface area contributed by atoms with Crippen LogP contribution in [-0.4, -0.2) is 10.8 Å². The van der Waals surface area contributed by atoms with Crippen molar-refractivity contribution in [3.63, 3.8) is 0 Å². The van der Waals surface area contributed by atoms with Gasteiger partial charge in [-0.3, -0.25) is 4.79 Å². The molecule has 1 aliphatic carbocycles. The minimum Gasteiger partial charge on any atom is -0.294 e. The molecular formula is C11H11Cl2NO. The normalized spacial score (nSPS) is 14.9. The second-order valence-corrected chi connectivity index (χ2v) is 4.52. The molecule has 0 fully saturated rings. The number of ketones is 1. The number of Topliss-reactive ketones (excluding diaryl/α,β-unsaturated/α-hetero) is 1. The molecule has 0 saturated carbocycles. The number of hydrogen-bond acceptors (Lipinski definition) is 2. The van der Waals surface area contributed by atoms with Crippen molar-refractivity contribution in [3.8, 4) is 0 Å². The Balaban J connectivity index is 2.64. The molecular weight excluding hydrogens is 233 g/mol. The third-order valence-corrected chi connectivity index (χ3v) is 3.41. The van der Waals surface area contributed by atoms with E-state index in [0.29, 0.717) is 10.6 Å². The quantitative estimate of drug-likeness (QED) is 0.559. The lowest BCUT2D eigenvalue weighted by Gasteiger charge is -2.18. The molecule has 0 amide bonds. The van der Waals surface area contributed by atoms with Crippen LogP contribution in [0, 0.1) is 0 Å². The predicted molar refractivity (Wildman–Crippen MR) is 60.9 cm³/mol. The monoisotopic (exact) mass is 243 g/mol. The number of nitrogens with zero attached hydrogens (tertiary/aromatic N) is 1. The maximum Gasteiger partial charge on any atom is 0.164 e. The van der Waals surface area contributed by atoms with Gasteiger partial charge in [-0.1, -0.05) is 23.2 Å². The van der Waals surface area contributed by atoms with Crippen molar-refractivity contribution in [2.75, 3.05) is 0 Å². The van der Waals surface area contributed by atoms with E-state index < -0.39 is 0 Å². The van der Waals surface area contributed by atoms with E-state index in [1.54, 1.807) is 0 Å². The van der Waals surface area contributed by atoms with Crippen molar-refractivity contribution in [2.45, 2.75) is 32.6 Å². The first-order chi connectivity index (χ1) is 7.11. The van der Waals surface area contributed by atoms with Crippen LogP contribution < -0.4 is 0 Å². The number of aromatic nitrogens is 1. The molecule has 0 spiro atoms. The van der Waals surface area contributed by atoms with Gasteiger partial charge in [0, 0.05) is 5.69 Å². The lowest BCUT2D eigenvalue weighted by molar-refractivity contribution is 0.101. The van der Waals surface area contributed by atoms with Gasteiger partial charge in [0.2, 0.25) is 0 Å². The maximum absolute atomic E-state index is 11.4. The third kappa shape index (κ3) is 1.88. The molecule has 2 nitrogen and oxygen atoms in total. The average molecular weight is 244 g/mol.